The van der Waals surface area contributed by atoms with Crippen LogP contribution in [0.2, 0.25) is 0 Å². The summed E-state index contributed by atoms with van der Waals surface area (Å²) >= 11 is 0. The van der Waals surface area contributed by atoms with Gasteiger partial charge in [0.05, 0.1) is 17.6 Å². The van der Waals surface area contributed by atoms with E-state index in [4.69, 9.17) is 10.5 Å². The molecule has 1 saturated heterocycles. The van der Waals surface area contributed by atoms with Crippen LogP contribution in [-0.2, 0) is 9.84 Å². The monoisotopic (exact) mass is 392 g/mol. The molecule has 0 spiro atoms. The fourth-order valence-corrected chi connectivity index (χ4v) is 7.12. The Labute approximate surface area is 160 Å². The molecule has 2 saturated carbocycles. The van der Waals surface area contributed by atoms with Crippen molar-refractivity contribution < 1.29 is 17.9 Å². The summed E-state index contributed by atoms with van der Waals surface area (Å²) in [6.45, 7) is 0. The minimum Gasteiger partial charge on any atom is -0.490 e. The molecular formula is C20H28N2O4S. The first-order valence-corrected chi connectivity index (χ1v) is 11.8. The van der Waals surface area contributed by atoms with E-state index in [2.05, 4.69) is 5.32 Å². The maximum atomic E-state index is 12.8. The van der Waals surface area contributed by atoms with Crippen LogP contribution in [0.25, 0.3) is 0 Å². The summed E-state index contributed by atoms with van der Waals surface area (Å²) in [5, 5.41) is 3.10. The van der Waals surface area contributed by atoms with Crippen molar-refractivity contribution in [2.75, 3.05) is 11.5 Å². The van der Waals surface area contributed by atoms with Gasteiger partial charge in [0.25, 0.3) is 5.91 Å². The predicted molar refractivity (Wildman–Crippen MR) is 103 cm³/mol. The predicted octanol–water partition coefficient (Wildman–Crippen LogP) is 1.89. The van der Waals surface area contributed by atoms with Crippen LogP contribution in [0.1, 0.15) is 48.9 Å². The molecule has 0 aromatic heterocycles. The van der Waals surface area contributed by atoms with Crippen molar-refractivity contribution in [3.05, 3.63) is 29.8 Å². The number of nitrogens with one attached hydrogen (secondary N) is 1. The van der Waals surface area contributed by atoms with Crippen molar-refractivity contribution in [3.8, 4) is 5.75 Å². The number of carbonyl (C=O) groups is 1. The minimum absolute atomic E-state index is 0.0202. The molecule has 2 unspecified atom stereocenters. The summed E-state index contributed by atoms with van der Waals surface area (Å²) in [4.78, 5) is 12.8. The maximum absolute atomic E-state index is 12.8. The SMILES string of the molecule is NC1CC2CS(=O)(=O)CC(C1)C2NC(=O)c1cccc(OC2CCCC2)c1. The number of amides is 1. The van der Waals surface area contributed by atoms with Crippen LogP contribution in [0.4, 0.5) is 0 Å². The van der Waals surface area contributed by atoms with E-state index in [1.807, 2.05) is 12.1 Å². The van der Waals surface area contributed by atoms with Gasteiger partial charge < -0.3 is 15.8 Å². The number of hydrogen-bond donors (Lipinski definition) is 2. The van der Waals surface area contributed by atoms with Gasteiger partial charge in [0.2, 0.25) is 0 Å². The Balaban J connectivity index is 1.45. The molecule has 27 heavy (non-hydrogen) atoms. The average Bonchev–Trinajstić information content (AvgIpc) is 3.09. The zero-order valence-electron chi connectivity index (χ0n) is 15.5. The molecule has 1 aromatic rings. The molecular weight excluding hydrogens is 364 g/mol. The second-order valence-electron chi connectivity index (χ2n) is 8.38. The van der Waals surface area contributed by atoms with Crippen LogP contribution in [0, 0.1) is 11.8 Å². The molecule has 1 aromatic carbocycles. The number of rotatable bonds is 4. The second-order valence-corrected chi connectivity index (χ2v) is 10.5. The third-order valence-corrected chi connectivity index (χ3v) is 8.03. The highest BCUT2D eigenvalue weighted by Gasteiger charge is 2.45. The molecule has 3 aliphatic rings. The molecule has 1 heterocycles. The van der Waals surface area contributed by atoms with Gasteiger partial charge in [-0.1, -0.05) is 6.07 Å². The Morgan fingerprint density at radius 2 is 1.78 bits per heavy atom. The number of ether oxygens (including phenoxy) is 1. The Hall–Kier alpha value is -1.60. The fourth-order valence-electron chi connectivity index (χ4n) is 5.00. The molecule has 0 radical (unpaired) electrons. The van der Waals surface area contributed by atoms with Crippen molar-refractivity contribution in [2.24, 2.45) is 17.6 Å². The van der Waals surface area contributed by atoms with Gasteiger partial charge in [-0.15, -0.1) is 0 Å². The van der Waals surface area contributed by atoms with E-state index in [1.54, 1.807) is 12.1 Å². The standard InChI is InChI=1S/C20H28N2O4S/c21-16-8-14-11-27(24,25)12-15(9-16)19(14)22-20(23)13-4-3-7-18(10-13)26-17-5-1-2-6-17/h3-4,7,10,14-17,19H,1-2,5-6,8-9,11-12,21H2,(H,22,23). The van der Waals surface area contributed by atoms with Crippen LogP contribution in [0.5, 0.6) is 5.75 Å². The molecule has 148 valence electrons. The highest BCUT2D eigenvalue weighted by Crippen LogP contribution is 2.36. The number of sulfone groups is 1. The number of nitrogens with two attached hydrogens (primary N) is 1. The first-order valence-electron chi connectivity index (χ1n) is 9.93. The lowest BCUT2D eigenvalue weighted by Gasteiger charge is -2.44. The van der Waals surface area contributed by atoms with E-state index < -0.39 is 9.84 Å². The van der Waals surface area contributed by atoms with Gasteiger partial charge in [0, 0.05) is 17.6 Å². The number of hydrogen-bond acceptors (Lipinski definition) is 5. The average molecular weight is 393 g/mol. The van der Waals surface area contributed by atoms with Crippen LogP contribution in [0.15, 0.2) is 24.3 Å². The van der Waals surface area contributed by atoms with Gasteiger partial charge in [-0.25, -0.2) is 8.42 Å². The topological polar surface area (TPSA) is 98.5 Å². The van der Waals surface area contributed by atoms with Gasteiger partial charge in [-0.3, -0.25) is 4.79 Å². The molecule has 1 amide bonds. The van der Waals surface area contributed by atoms with Crippen LogP contribution < -0.4 is 15.8 Å². The first-order chi connectivity index (χ1) is 12.9. The lowest BCUT2D eigenvalue weighted by Crippen LogP contribution is -2.58. The Kier molecular flexibility index (Phi) is 5.16. The van der Waals surface area contributed by atoms with Crippen molar-refractivity contribution >= 4 is 15.7 Å². The van der Waals surface area contributed by atoms with E-state index in [0.29, 0.717) is 18.4 Å². The third-order valence-electron chi connectivity index (χ3n) is 6.16. The van der Waals surface area contributed by atoms with Crippen LogP contribution in [0.3, 0.4) is 0 Å². The van der Waals surface area contributed by atoms with E-state index in [0.717, 1.165) is 18.6 Å². The Morgan fingerprint density at radius 3 is 2.44 bits per heavy atom. The van der Waals surface area contributed by atoms with Gasteiger partial charge in [-0.2, -0.15) is 0 Å². The molecule has 2 bridgehead atoms. The Bertz CT molecular complexity index is 782. The lowest BCUT2D eigenvalue weighted by atomic mass is 9.75. The van der Waals surface area contributed by atoms with Crippen LogP contribution in [-0.4, -0.2) is 44.0 Å². The number of fused-ring (bicyclic) bond motifs is 2. The molecule has 2 atom stereocenters. The van der Waals surface area contributed by atoms with E-state index in [1.165, 1.54) is 12.8 Å². The summed E-state index contributed by atoms with van der Waals surface area (Å²) in [5.74, 6) is 0.600. The highest BCUT2D eigenvalue weighted by molar-refractivity contribution is 7.91. The van der Waals surface area contributed by atoms with Crippen molar-refractivity contribution in [1.29, 1.82) is 0 Å². The quantitative estimate of drug-likeness (QED) is 0.815. The minimum atomic E-state index is -3.05. The third kappa shape index (κ3) is 4.29. The van der Waals surface area contributed by atoms with E-state index in [9.17, 15) is 13.2 Å². The van der Waals surface area contributed by atoms with Crippen molar-refractivity contribution in [2.45, 2.75) is 56.7 Å². The van der Waals surface area contributed by atoms with E-state index >= 15 is 0 Å². The normalized spacial score (nSPS) is 32.8. The zero-order chi connectivity index (χ0) is 19.0. The summed E-state index contributed by atoms with van der Waals surface area (Å²) in [6.07, 6.45) is 6.05. The molecule has 6 nitrogen and oxygen atoms in total. The smallest absolute Gasteiger partial charge is 0.251 e. The summed E-state index contributed by atoms with van der Waals surface area (Å²) < 4.78 is 30.2. The second kappa shape index (κ2) is 7.43. The molecule has 7 heteroatoms. The molecule has 3 N–H and O–H groups in total. The molecule has 3 fully saturated rings. The van der Waals surface area contributed by atoms with Gasteiger partial charge in [-0.05, 0) is 68.6 Å². The Morgan fingerprint density at radius 1 is 1.11 bits per heavy atom. The van der Waals surface area contributed by atoms with Gasteiger partial charge in [0.1, 0.15) is 5.75 Å². The van der Waals surface area contributed by atoms with E-state index in [-0.39, 0.29) is 47.4 Å². The number of carbonyl (C=O) groups excluding carboxylic acids is 1. The summed E-state index contributed by atoms with van der Waals surface area (Å²) in [6, 6.07) is 7.18. The highest BCUT2D eigenvalue weighted by atomic mass is 32.2. The first kappa shape index (κ1) is 18.7. The zero-order valence-corrected chi connectivity index (χ0v) is 16.3. The van der Waals surface area contributed by atoms with Gasteiger partial charge in [0.15, 0.2) is 9.84 Å². The maximum Gasteiger partial charge on any atom is 0.251 e. The molecule has 2 aliphatic carbocycles. The van der Waals surface area contributed by atoms with Crippen molar-refractivity contribution in [3.63, 3.8) is 0 Å². The number of benzene rings is 1. The summed E-state index contributed by atoms with van der Waals surface area (Å²) in [7, 11) is -3.05. The van der Waals surface area contributed by atoms with Gasteiger partial charge >= 0.3 is 0 Å². The van der Waals surface area contributed by atoms with Crippen molar-refractivity contribution in [1.82, 2.24) is 5.32 Å². The molecule has 4 rings (SSSR count). The largest absolute Gasteiger partial charge is 0.490 e. The fraction of sp³-hybridized carbons (Fsp3) is 0.650. The lowest BCUT2D eigenvalue weighted by molar-refractivity contribution is 0.0865. The van der Waals surface area contributed by atoms with Crippen LogP contribution >= 0.6 is 0 Å². The summed E-state index contributed by atoms with van der Waals surface area (Å²) in [5.41, 5.74) is 6.65. The molecule has 1 aliphatic heterocycles.